The van der Waals surface area contributed by atoms with Crippen LogP contribution in [0.15, 0.2) is 12.1 Å². The predicted molar refractivity (Wildman–Crippen MR) is 68.4 cm³/mol. The Bertz CT molecular complexity index is 449. The fraction of sp³-hybridized carbons (Fsp3) is 0.455. The molecule has 0 radical (unpaired) electrons. The van der Waals surface area contributed by atoms with Crippen LogP contribution < -0.4 is 11.3 Å². The molecule has 1 aliphatic rings. The molecular formula is C11H15ClN4O2. The molecule has 1 aromatic heterocycles. The molecule has 0 bridgehead atoms. The molecular weight excluding hydrogens is 256 g/mol. The van der Waals surface area contributed by atoms with Gasteiger partial charge in [-0.15, -0.1) is 0 Å². The number of hydrogen-bond acceptors (Lipinski definition) is 5. The zero-order chi connectivity index (χ0) is 13.1. The van der Waals surface area contributed by atoms with Crippen molar-refractivity contribution in [3.8, 4) is 0 Å². The van der Waals surface area contributed by atoms with E-state index in [0.717, 1.165) is 6.42 Å². The van der Waals surface area contributed by atoms with Crippen molar-refractivity contribution < 1.29 is 9.53 Å². The lowest BCUT2D eigenvalue weighted by atomic mass is 10.2. The maximum absolute atomic E-state index is 12.3. The molecule has 3 N–H and O–H groups in total. The van der Waals surface area contributed by atoms with E-state index in [9.17, 15) is 4.79 Å². The van der Waals surface area contributed by atoms with E-state index in [1.807, 2.05) is 0 Å². The number of aromatic nitrogens is 1. The zero-order valence-electron chi connectivity index (χ0n) is 10.0. The Kier molecular flexibility index (Phi) is 4.00. The lowest BCUT2D eigenvalue weighted by molar-refractivity contribution is 0.0706. The minimum atomic E-state index is -0.229. The summed E-state index contributed by atoms with van der Waals surface area (Å²) in [5, 5.41) is 0.310. The number of hydrazine groups is 1. The van der Waals surface area contributed by atoms with Gasteiger partial charge >= 0.3 is 0 Å². The van der Waals surface area contributed by atoms with Crippen LogP contribution in [-0.2, 0) is 4.74 Å². The van der Waals surface area contributed by atoms with Crippen molar-refractivity contribution in [2.24, 2.45) is 5.84 Å². The molecule has 0 aromatic carbocycles. The average Bonchev–Trinajstić information content (AvgIpc) is 2.91. The summed E-state index contributed by atoms with van der Waals surface area (Å²) in [4.78, 5) is 18.0. The van der Waals surface area contributed by atoms with Crippen molar-refractivity contribution in [2.75, 3.05) is 25.7 Å². The van der Waals surface area contributed by atoms with E-state index in [0.29, 0.717) is 24.1 Å². The minimum Gasteiger partial charge on any atom is -0.379 e. The Morgan fingerprint density at radius 2 is 2.44 bits per heavy atom. The molecule has 1 atom stereocenters. The summed E-state index contributed by atoms with van der Waals surface area (Å²) >= 11 is 5.99. The van der Waals surface area contributed by atoms with E-state index >= 15 is 0 Å². The van der Waals surface area contributed by atoms with Gasteiger partial charge in [0.15, 0.2) is 0 Å². The first-order valence-corrected chi connectivity index (χ1v) is 5.99. The first-order valence-electron chi connectivity index (χ1n) is 5.61. The van der Waals surface area contributed by atoms with Crippen molar-refractivity contribution >= 4 is 23.3 Å². The lowest BCUT2D eigenvalue weighted by Crippen LogP contribution is -2.38. The molecule has 18 heavy (non-hydrogen) atoms. The van der Waals surface area contributed by atoms with Crippen molar-refractivity contribution in [3.63, 3.8) is 0 Å². The molecule has 7 heteroatoms. The molecule has 98 valence electrons. The fourth-order valence-corrected chi connectivity index (χ4v) is 2.02. The van der Waals surface area contributed by atoms with Crippen LogP contribution in [0.25, 0.3) is 0 Å². The first-order chi connectivity index (χ1) is 8.63. The number of amides is 1. The van der Waals surface area contributed by atoms with Gasteiger partial charge in [0.05, 0.1) is 17.7 Å². The molecule has 1 aromatic rings. The van der Waals surface area contributed by atoms with Crippen molar-refractivity contribution in [2.45, 2.75) is 12.5 Å². The highest BCUT2D eigenvalue weighted by molar-refractivity contribution is 6.33. The molecule has 1 aliphatic heterocycles. The number of pyridine rings is 1. The second-order valence-electron chi connectivity index (χ2n) is 4.10. The molecule has 0 spiro atoms. The number of anilines is 1. The monoisotopic (exact) mass is 270 g/mol. The van der Waals surface area contributed by atoms with Crippen molar-refractivity contribution in [1.29, 1.82) is 0 Å². The summed E-state index contributed by atoms with van der Waals surface area (Å²) in [5.41, 5.74) is 2.59. The third-order valence-corrected chi connectivity index (χ3v) is 3.28. The summed E-state index contributed by atoms with van der Waals surface area (Å²) in [6.45, 7) is 1.22. The lowest BCUT2D eigenvalue weighted by Gasteiger charge is -2.23. The Labute approximate surface area is 110 Å². The van der Waals surface area contributed by atoms with Crippen LogP contribution in [0.1, 0.15) is 16.9 Å². The van der Waals surface area contributed by atoms with Crippen LogP contribution in [0.3, 0.4) is 0 Å². The number of carbonyl (C=O) groups is 1. The number of ether oxygens (including phenoxy) is 1. The van der Waals surface area contributed by atoms with Gasteiger partial charge in [0.2, 0.25) is 0 Å². The summed E-state index contributed by atoms with van der Waals surface area (Å²) in [5.74, 6) is 5.44. The van der Waals surface area contributed by atoms with Crippen LogP contribution in [0.2, 0.25) is 5.02 Å². The number of halogens is 1. The number of carbonyl (C=O) groups excluding carboxylic acids is 1. The Morgan fingerprint density at radius 1 is 1.67 bits per heavy atom. The number of nitrogen functional groups attached to an aromatic ring is 1. The van der Waals surface area contributed by atoms with Crippen molar-refractivity contribution in [1.82, 2.24) is 9.88 Å². The highest BCUT2D eigenvalue weighted by Gasteiger charge is 2.27. The van der Waals surface area contributed by atoms with Gasteiger partial charge in [0.1, 0.15) is 11.5 Å². The minimum absolute atomic E-state index is 0.0739. The van der Waals surface area contributed by atoms with E-state index in [2.05, 4.69) is 10.4 Å². The van der Waals surface area contributed by atoms with Crippen LogP contribution in [0, 0.1) is 0 Å². The van der Waals surface area contributed by atoms with Gasteiger partial charge in [0.25, 0.3) is 5.91 Å². The van der Waals surface area contributed by atoms with Crippen LogP contribution in [0.5, 0.6) is 0 Å². The Hall–Kier alpha value is -1.37. The van der Waals surface area contributed by atoms with Crippen LogP contribution >= 0.6 is 11.6 Å². The highest BCUT2D eigenvalue weighted by atomic mass is 35.5. The summed E-state index contributed by atoms with van der Waals surface area (Å²) in [6, 6.07) is 3.28. The van der Waals surface area contributed by atoms with E-state index < -0.39 is 0 Å². The smallest absolute Gasteiger partial charge is 0.274 e. The molecule has 1 amide bonds. The van der Waals surface area contributed by atoms with Gasteiger partial charge in [-0.25, -0.2) is 10.8 Å². The molecule has 1 saturated heterocycles. The SMILES string of the molecule is CN(C(=O)c1nc(NN)ccc1Cl)C1CCOC1. The quantitative estimate of drug-likeness (QED) is 0.630. The second-order valence-corrected chi connectivity index (χ2v) is 4.51. The van der Waals surface area contributed by atoms with E-state index in [4.69, 9.17) is 22.2 Å². The normalized spacial score (nSPS) is 18.7. The predicted octanol–water partition coefficient (Wildman–Crippen LogP) is 0.881. The van der Waals surface area contributed by atoms with Crippen LogP contribution in [-0.4, -0.2) is 42.1 Å². The highest BCUT2D eigenvalue weighted by Crippen LogP contribution is 2.20. The number of likely N-dealkylation sites (N-methyl/N-ethyl adjacent to an activating group) is 1. The number of nitrogens with one attached hydrogen (secondary N) is 1. The molecule has 0 aliphatic carbocycles. The molecule has 1 unspecified atom stereocenters. The maximum atomic E-state index is 12.3. The van der Waals surface area contributed by atoms with E-state index in [1.54, 1.807) is 24.1 Å². The molecule has 1 fully saturated rings. The van der Waals surface area contributed by atoms with Gasteiger partial charge in [-0.05, 0) is 18.6 Å². The van der Waals surface area contributed by atoms with Gasteiger partial charge in [0, 0.05) is 13.7 Å². The molecule has 2 heterocycles. The maximum Gasteiger partial charge on any atom is 0.274 e. The van der Waals surface area contributed by atoms with Gasteiger partial charge in [-0.1, -0.05) is 11.6 Å². The largest absolute Gasteiger partial charge is 0.379 e. The average molecular weight is 271 g/mol. The van der Waals surface area contributed by atoms with E-state index in [1.165, 1.54) is 0 Å². The van der Waals surface area contributed by atoms with Gasteiger partial charge in [-0.2, -0.15) is 0 Å². The summed E-state index contributed by atoms with van der Waals surface area (Å²) < 4.78 is 5.26. The van der Waals surface area contributed by atoms with Gasteiger partial charge in [-0.3, -0.25) is 4.79 Å². The third-order valence-electron chi connectivity index (χ3n) is 2.97. The van der Waals surface area contributed by atoms with Gasteiger partial charge < -0.3 is 15.1 Å². The number of rotatable bonds is 3. The first kappa shape index (κ1) is 13.1. The molecule has 0 saturated carbocycles. The standard InChI is InChI=1S/C11H15ClN4O2/c1-16(7-4-5-18-6-7)11(17)10-8(12)2-3-9(14-10)15-13/h2-3,7H,4-6,13H2,1H3,(H,14,15). The second kappa shape index (κ2) is 5.51. The third kappa shape index (κ3) is 2.55. The Morgan fingerprint density at radius 3 is 3.06 bits per heavy atom. The fourth-order valence-electron chi connectivity index (χ4n) is 1.83. The van der Waals surface area contributed by atoms with Crippen molar-refractivity contribution in [3.05, 3.63) is 22.8 Å². The molecule has 6 nitrogen and oxygen atoms in total. The number of nitrogens with zero attached hydrogens (tertiary/aromatic N) is 2. The zero-order valence-corrected chi connectivity index (χ0v) is 10.8. The Balaban J connectivity index is 2.21. The van der Waals surface area contributed by atoms with E-state index in [-0.39, 0.29) is 17.6 Å². The summed E-state index contributed by atoms with van der Waals surface area (Å²) in [6.07, 6.45) is 0.828. The topological polar surface area (TPSA) is 80.5 Å². The summed E-state index contributed by atoms with van der Waals surface area (Å²) in [7, 11) is 1.72. The molecule has 2 rings (SSSR count). The number of nitrogens with two attached hydrogens (primary N) is 1. The number of hydrogen-bond donors (Lipinski definition) is 2. The van der Waals surface area contributed by atoms with Crippen LogP contribution in [0.4, 0.5) is 5.82 Å².